The number of nitro groups is 1. The Morgan fingerprint density at radius 3 is 2.69 bits per heavy atom. The standard InChI is InChI=1S/C23H27N3O3/c1-25(20-10-3-2-4-11-20)17-19-9-5-6-13-22(19)24-23(27)15-14-18-8-7-12-21(16-18)26(28)29/h5-9,12-16,20H,2-4,10-11,17H2,1H3,(H,24,27)/b15-14+. The fraction of sp³-hybridized carbons (Fsp3) is 0.348. The topological polar surface area (TPSA) is 75.5 Å². The molecule has 0 spiro atoms. The highest BCUT2D eigenvalue weighted by Gasteiger charge is 2.19. The van der Waals surface area contributed by atoms with Gasteiger partial charge in [-0.3, -0.25) is 19.8 Å². The van der Waals surface area contributed by atoms with E-state index >= 15 is 0 Å². The van der Waals surface area contributed by atoms with Crippen molar-refractivity contribution in [1.82, 2.24) is 4.90 Å². The first-order chi connectivity index (χ1) is 14.0. The second kappa shape index (κ2) is 9.98. The Morgan fingerprint density at radius 1 is 1.17 bits per heavy atom. The van der Waals surface area contributed by atoms with Gasteiger partial charge in [0.1, 0.15) is 0 Å². The molecule has 3 rings (SSSR count). The fourth-order valence-corrected chi connectivity index (χ4v) is 3.79. The minimum atomic E-state index is -0.448. The number of nitrogens with zero attached hydrogens (tertiary/aromatic N) is 2. The van der Waals surface area contributed by atoms with Crippen LogP contribution in [0.15, 0.2) is 54.6 Å². The van der Waals surface area contributed by atoms with Gasteiger partial charge >= 0.3 is 0 Å². The van der Waals surface area contributed by atoms with Gasteiger partial charge in [-0.25, -0.2) is 0 Å². The van der Waals surface area contributed by atoms with Crippen molar-refractivity contribution in [1.29, 1.82) is 0 Å². The van der Waals surface area contributed by atoms with Crippen LogP contribution in [0.5, 0.6) is 0 Å². The van der Waals surface area contributed by atoms with E-state index in [-0.39, 0.29) is 11.6 Å². The average Bonchev–Trinajstić information content (AvgIpc) is 2.74. The van der Waals surface area contributed by atoms with Gasteiger partial charge in [0, 0.05) is 36.5 Å². The lowest BCUT2D eigenvalue weighted by Crippen LogP contribution is -2.33. The molecule has 152 valence electrons. The molecule has 1 fully saturated rings. The third-order valence-electron chi connectivity index (χ3n) is 5.40. The number of carbonyl (C=O) groups excluding carboxylic acids is 1. The fourth-order valence-electron chi connectivity index (χ4n) is 3.79. The van der Waals surface area contributed by atoms with Gasteiger partial charge in [0.05, 0.1) is 4.92 Å². The Balaban J connectivity index is 1.64. The van der Waals surface area contributed by atoms with Crippen molar-refractivity contribution in [2.24, 2.45) is 0 Å². The zero-order chi connectivity index (χ0) is 20.6. The van der Waals surface area contributed by atoms with Crippen molar-refractivity contribution >= 4 is 23.4 Å². The lowest BCUT2D eigenvalue weighted by atomic mass is 9.94. The predicted molar refractivity (Wildman–Crippen MR) is 116 cm³/mol. The molecular formula is C23H27N3O3. The summed E-state index contributed by atoms with van der Waals surface area (Å²) >= 11 is 0. The van der Waals surface area contributed by atoms with E-state index in [1.165, 1.54) is 50.3 Å². The maximum Gasteiger partial charge on any atom is 0.270 e. The van der Waals surface area contributed by atoms with Gasteiger partial charge in [0.25, 0.3) is 5.69 Å². The van der Waals surface area contributed by atoms with Crippen LogP contribution in [0.3, 0.4) is 0 Å². The Labute approximate surface area is 171 Å². The van der Waals surface area contributed by atoms with Crippen LogP contribution in [0.2, 0.25) is 0 Å². The normalized spacial score (nSPS) is 15.0. The molecule has 0 bridgehead atoms. The summed E-state index contributed by atoms with van der Waals surface area (Å²) in [6.45, 7) is 0.787. The minimum Gasteiger partial charge on any atom is -0.322 e. The molecule has 29 heavy (non-hydrogen) atoms. The number of para-hydroxylation sites is 1. The summed E-state index contributed by atoms with van der Waals surface area (Å²) in [6.07, 6.45) is 9.35. The summed E-state index contributed by atoms with van der Waals surface area (Å²) in [5.41, 5.74) is 2.49. The number of amides is 1. The van der Waals surface area contributed by atoms with Crippen LogP contribution < -0.4 is 5.32 Å². The predicted octanol–water partition coefficient (Wildman–Crippen LogP) is 5.01. The van der Waals surface area contributed by atoms with Gasteiger partial charge in [-0.2, -0.15) is 0 Å². The van der Waals surface area contributed by atoms with E-state index in [1.54, 1.807) is 18.2 Å². The second-order valence-electron chi connectivity index (χ2n) is 7.54. The quantitative estimate of drug-likeness (QED) is 0.407. The molecule has 1 N–H and O–H groups in total. The molecule has 0 saturated heterocycles. The van der Waals surface area contributed by atoms with Gasteiger partial charge in [0.2, 0.25) is 5.91 Å². The van der Waals surface area contributed by atoms with E-state index in [0.29, 0.717) is 11.6 Å². The Hall–Kier alpha value is -2.99. The van der Waals surface area contributed by atoms with Gasteiger partial charge in [-0.15, -0.1) is 0 Å². The molecule has 1 amide bonds. The number of non-ortho nitro benzene ring substituents is 1. The maximum atomic E-state index is 12.4. The molecule has 1 aliphatic carbocycles. The van der Waals surface area contributed by atoms with E-state index in [4.69, 9.17) is 0 Å². The number of nitrogens with one attached hydrogen (secondary N) is 1. The molecule has 6 heteroatoms. The van der Waals surface area contributed by atoms with Crippen LogP contribution in [0.4, 0.5) is 11.4 Å². The Morgan fingerprint density at radius 2 is 1.93 bits per heavy atom. The van der Waals surface area contributed by atoms with Crippen LogP contribution in [-0.4, -0.2) is 28.8 Å². The smallest absolute Gasteiger partial charge is 0.270 e. The van der Waals surface area contributed by atoms with Crippen molar-refractivity contribution in [2.45, 2.75) is 44.7 Å². The summed E-state index contributed by atoms with van der Waals surface area (Å²) < 4.78 is 0. The molecule has 0 aliphatic heterocycles. The molecule has 2 aromatic rings. The molecule has 0 unspecified atom stereocenters. The number of hydrogen-bond acceptors (Lipinski definition) is 4. The number of anilines is 1. The third kappa shape index (κ3) is 5.99. The van der Waals surface area contributed by atoms with Gasteiger partial charge < -0.3 is 5.32 Å². The maximum absolute atomic E-state index is 12.4. The van der Waals surface area contributed by atoms with Crippen LogP contribution in [-0.2, 0) is 11.3 Å². The third-order valence-corrected chi connectivity index (χ3v) is 5.40. The zero-order valence-corrected chi connectivity index (χ0v) is 16.7. The Bertz CT molecular complexity index is 888. The molecule has 0 aromatic heterocycles. The minimum absolute atomic E-state index is 0.00338. The molecule has 0 atom stereocenters. The second-order valence-corrected chi connectivity index (χ2v) is 7.54. The van der Waals surface area contributed by atoms with Crippen LogP contribution in [0, 0.1) is 10.1 Å². The van der Waals surface area contributed by atoms with Crippen LogP contribution in [0.25, 0.3) is 6.08 Å². The number of nitro benzene ring substituents is 1. The van der Waals surface area contributed by atoms with E-state index < -0.39 is 4.92 Å². The molecule has 2 aromatic carbocycles. The number of hydrogen-bond donors (Lipinski definition) is 1. The monoisotopic (exact) mass is 393 g/mol. The van der Waals surface area contributed by atoms with Crippen molar-refractivity contribution in [3.8, 4) is 0 Å². The number of rotatable bonds is 7. The average molecular weight is 393 g/mol. The van der Waals surface area contributed by atoms with Crippen molar-refractivity contribution < 1.29 is 9.72 Å². The summed E-state index contributed by atoms with van der Waals surface area (Å²) in [6, 6.07) is 14.6. The lowest BCUT2D eigenvalue weighted by molar-refractivity contribution is -0.384. The molecule has 6 nitrogen and oxygen atoms in total. The van der Waals surface area contributed by atoms with E-state index in [9.17, 15) is 14.9 Å². The number of carbonyl (C=O) groups is 1. The molecule has 1 saturated carbocycles. The molecular weight excluding hydrogens is 366 g/mol. The first kappa shape index (κ1) is 20.7. The van der Waals surface area contributed by atoms with Crippen LogP contribution >= 0.6 is 0 Å². The van der Waals surface area contributed by atoms with Crippen LogP contribution in [0.1, 0.15) is 43.2 Å². The molecule has 0 radical (unpaired) electrons. The highest BCUT2D eigenvalue weighted by atomic mass is 16.6. The van der Waals surface area contributed by atoms with E-state index in [1.807, 2.05) is 24.3 Å². The summed E-state index contributed by atoms with van der Waals surface area (Å²) in [5.74, 6) is -0.260. The highest BCUT2D eigenvalue weighted by Crippen LogP contribution is 2.25. The van der Waals surface area contributed by atoms with Crippen molar-refractivity contribution in [2.75, 3.05) is 12.4 Å². The Kier molecular flexibility index (Phi) is 7.14. The van der Waals surface area contributed by atoms with Crippen molar-refractivity contribution in [3.05, 3.63) is 75.8 Å². The summed E-state index contributed by atoms with van der Waals surface area (Å²) in [7, 11) is 2.15. The molecule has 1 aliphatic rings. The zero-order valence-electron chi connectivity index (χ0n) is 16.7. The van der Waals surface area contributed by atoms with E-state index in [0.717, 1.165) is 17.8 Å². The first-order valence-corrected chi connectivity index (χ1v) is 10.0. The number of benzene rings is 2. The first-order valence-electron chi connectivity index (χ1n) is 10.0. The van der Waals surface area contributed by atoms with Gasteiger partial charge in [-0.05, 0) is 43.2 Å². The highest BCUT2D eigenvalue weighted by molar-refractivity contribution is 6.02. The van der Waals surface area contributed by atoms with Gasteiger partial charge in [0.15, 0.2) is 0 Å². The lowest BCUT2D eigenvalue weighted by Gasteiger charge is -2.31. The summed E-state index contributed by atoms with van der Waals surface area (Å²) in [4.78, 5) is 25.2. The van der Waals surface area contributed by atoms with E-state index in [2.05, 4.69) is 17.3 Å². The van der Waals surface area contributed by atoms with Gasteiger partial charge in [-0.1, -0.05) is 49.6 Å². The summed E-state index contributed by atoms with van der Waals surface area (Å²) in [5, 5.41) is 13.8. The largest absolute Gasteiger partial charge is 0.322 e. The SMILES string of the molecule is CN(Cc1ccccc1NC(=O)/C=C/c1cccc([N+](=O)[O-])c1)C1CCCCC1. The van der Waals surface area contributed by atoms with Crippen molar-refractivity contribution in [3.63, 3.8) is 0 Å². The molecule has 0 heterocycles.